The van der Waals surface area contributed by atoms with Gasteiger partial charge in [-0.05, 0) is 29.0 Å². The van der Waals surface area contributed by atoms with Crippen molar-refractivity contribution in [3.05, 3.63) is 53.8 Å². The van der Waals surface area contributed by atoms with Gasteiger partial charge >= 0.3 is 6.01 Å². The SMILES string of the molecule is Cc1c(-c2ccccc2)csc1-c1cnn2c(O)ncnc12. The van der Waals surface area contributed by atoms with E-state index in [4.69, 9.17) is 0 Å². The summed E-state index contributed by atoms with van der Waals surface area (Å²) >= 11 is 1.65. The Morgan fingerprint density at radius 1 is 1.09 bits per heavy atom. The normalized spacial score (nSPS) is 11.1. The molecular weight excluding hydrogens is 296 g/mol. The molecule has 4 aromatic rings. The molecule has 0 fully saturated rings. The molecular formula is C16H12N4OS. The predicted molar refractivity (Wildman–Crippen MR) is 85.9 cm³/mol. The molecule has 0 saturated heterocycles. The standard InChI is InChI=1S/C16H12N4OS/c1-10-13(11-5-3-2-4-6-11)8-22-14(10)12-7-19-20-15(12)17-9-18-16(20)21/h2-9H,1H3,(H,17,18,21). The first-order valence-corrected chi connectivity index (χ1v) is 7.65. The minimum atomic E-state index is -0.159. The predicted octanol–water partition coefficient (Wildman–Crippen LogP) is 3.53. The monoisotopic (exact) mass is 308 g/mol. The molecule has 108 valence electrons. The van der Waals surface area contributed by atoms with Gasteiger partial charge in [-0.1, -0.05) is 30.3 Å². The lowest BCUT2D eigenvalue weighted by atomic mass is 10.0. The van der Waals surface area contributed by atoms with Crippen molar-refractivity contribution in [3.8, 4) is 27.6 Å². The Morgan fingerprint density at radius 3 is 2.73 bits per heavy atom. The largest absolute Gasteiger partial charge is 0.479 e. The number of hydrogen-bond donors (Lipinski definition) is 1. The van der Waals surface area contributed by atoms with Crippen LogP contribution in [0.2, 0.25) is 0 Å². The zero-order chi connectivity index (χ0) is 15.1. The van der Waals surface area contributed by atoms with Crippen LogP contribution in [0.1, 0.15) is 5.56 Å². The zero-order valence-electron chi connectivity index (χ0n) is 11.8. The molecule has 0 radical (unpaired) electrons. The van der Waals surface area contributed by atoms with Crippen LogP contribution in [0, 0.1) is 6.92 Å². The number of aromatic hydroxyl groups is 1. The van der Waals surface area contributed by atoms with Crippen molar-refractivity contribution >= 4 is 17.0 Å². The second kappa shape index (κ2) is 4.92. The average Bonchev–Trinajstić information content (AvgIpc) is 3.12. The summed E-state index contributed by atoms with van der Waals surface area (Å²) in [7, 11) is 0. The van der Waals surface area contributed by atoms with Gasteiger partial charge in [0.2, 0.25) is 0 Å². The highest BCUT2D eigenvalue weighted by Crippen LogP contribution is 2.38. The summed E-state index contributed by atoms with van der Waals surface area (Å²) in [5.74, 6) is 0. The Morgan fingerprint density at radius 2 is 1.91 bits per heavy atom. The van der Waals surface area contributed by atoms with Crippen molar-refractivity contribution in [2.45, 2.75) is 6.92 Å². The van der Waals surface area contributed by atoms with Crippen LogP contribution in [0.5, 0.6) is 6.01 Å². The molecule has 0 atom stereocenters. The van der Waals surface area contributed by atoms with Crippen molar-refractivity contribution in [1.29, 1.82) is 0 Å². The molecule has 0 spiro atoms. The van der Waals surface area contributed by atoms with E-state index < -0.39 is 0 Å². The molecule has 3 aromatic heterocycles. The average molecular weight is 308 g/mol. The lowest BCUT2D eigenvalue weighted by Gasteiger charge is -2.02. The highest BCUT2D eigenvalue weighted by atomic mass is 32.1. The van der Waals surface area contributed by atoms with Gasteiger partial charge in [0, 0.05) is 4.88 Å². The lowest BCUT2D eigenvalue weighted by Crippen LogP contribution is -1.93. The molecule has 0 amide bonds. The Hall–Kier alpha value is -2.73. The van der Waals surface area contributed by atoms with Crippen molar-refractivity contribution in [1.82, 2.24) is 19.6 Å². The summed E-state index contributed by atoms with van der Waals surface area (Å²) in [5.41, 5.74) is 5.10. The summed E-state index contributed by atoms with van der Waals surface area (Å²) < 4.78 is 1.34. The molecule has 4 rings (SSSR count). The van der Waals surface area contributed by atoms with Crippen molar-refractivity contribution in [2.75, 3.05) is 0 Å². The number of hydrogen-bond acceptors (Lipinski definition) is 5. The van der Waals surface area contributed by atoms with Crippen LogP contribution in [0.3, 0.4) is 0 Å². The summed E-state index contributed by atoms with van der Waals surface area (Å²) in [5, 5.41) is 16.0. The molecule has 1 N–H and O–H groups in total. The highest BCUT2D eigenvalue weighted by molar-refractivity contribution is 7.14. The lowest BCUT2D eigenvalue weighted by molar-refractivity contribution is 0.411. The van der Waals surface area contributed by atoms with Crippen LogP contribution in [-0.4, -0.2) is 24.7 Å². The summed E-state index contributed by atoms with van der Waals surface area (Å²) in [6, 6.07) is 10.1. The molecule has 22 heavy (non-hydrogen) atoms. The Bertz CT molecular complexity index is 959. The fourth-order valence-electron chi connectivity index (χ4n) is 2.55. The van der Waals surface area contributed by atoms with E-state index in [2.05, 4.69) is 39.5 Å². The fraction of sp³-hybridized carbons (Fsp3) is 0.0625. The van der Waals surface area contributed by atoms with Gasteiger partial charge < -0.3 is 5.11 Å². The second-order valence-corrected chi connectivity index (χ2v) is 5.82. The number of fused-ring (bicyclic) bond motifs is 1. The highest BCUT2D eigenvalue weighted by Gasteiger charge is 2.16. The summed E-state index contributed by atoms with van der Waals surface area (Å²) in [6.07, 6.45) is 3.06. The van der Waals surface area contributed by atoms with E-state index >= 15 is 0 Å². The van der Waals surface area contributed by atoms with Crippen molar-refractivity contribution in [2.24, 2.45) is 0 Å². The third kappa shape index (κ3) is 1.88. The molecule has 0 bridgehead atoms. The second-order valence-electron chi connectivity index (χ2n) is 4.94. The maximum atomic E-state index is 9.74. The zero-order valence-corrected chi connectivity index (χ0v) is 12.6. The van der Waals surface area contributed by atoms with Crippen LogP contribution in [0.15, 0.2) is 48.2 Å². The molecule has 0 aliphatic rings. The third-order valence-electron chi connectivity index (χ3n) is 3.66. The van der Waals surface area contributed by atoms with Crippen LogP contribution in [-0.2, 0) is 0 Å². The van der Waals surface area contributed by atoms with E-state index in [9.17, 15) is 5.11 Å². The summed E-state index contributed by atoms with van der Waals surface area (Å²) in [4.78, 5) is 9.08. The maximum Gasteiger partial charge on any atom is 0.318 e. The van der Waals surface area contributed by atoms with Gasteiger partial charge in [-0.3, -0.25) is 0 Å². The number of nitrogens with zero attached hydrogens (tertiary/aromatic N) is 4. The van der Waals surface area contributed by atoms with E-state index in [1.54, 1.807) is 17.5 Å². The van der Waals surface area contributed by atoms with Gasteiger partial charge in [0.05, 0.1) is 11.8 Å². The first kappa shape index (κ1) is 13.0. The number of rotatable bonds is 2. The van der Waals surface area contributed by atoms with E-state index in [-0.39, 0.29) is 6.01 Å². The maximum absolute atomic E-state index is 9.74. The van der Waals surface area contributed by atoms with Gasteiger partial charge in [-0.2, -0.15) is 14.6 Å². The smallest absolute Gasteiger partial charge is 0.318 e. The van der Waals surface area contributed by atoms with Crippen molar-refractivity contribution in [3.63, 3.8) is 0 Å². The van der Waals surface area contributed by atoms with E-state index in [1.165, 1.54) is 27.5 Å². The van der Waals surface area contributed by atoms with Crippen LogP contribution in [0.4, 0.5) is 0 Å². The van der Waals surface area contributed by atoms with Crippen LogP contribution in [0.25, 0.3) is 27.2 Å². The third-order valence-corrected chi connectivity index (χ3v) is 4.77. The Kier molecular flexibility index (Phi) is 2.90. The van der Waals surface area contributed by atoms with E-state index in [1.807, 2.05) is 18.2 Å². The molecule has 3 heterocycles. The molecule has 5 nitrogen and oxygen atoms in total. The van der Waals surface area contributed by atoms with Gasteiger partial charge in [0.15, 0.2) is 5.65 Å². The minimum Gasteiger partial charge on any atom is -0.479 e. The van der Waals surface area contributed by atoms with Gasteiger partial charge in [-0.15, -0.1) is 11.3 Å². The van der Waals surface area contributed by atoms with E-state index in [0.29, 0.717) is 5.65 Å². The first-order valence-electron chi connectivity index (χ1n) is 6.77. The molecule has 6 heteroatoms. The quantitative estimate of drug-likeness (QED) is 0.615. The molecule has 0 aliphatic heterocycles. The number of aromatic nitrogens is 4. The van der Waals surface area contributed by atoms with Crippen molar-refractivity contribution < 1.29 is 5.11 Å². The van der Waals surface area contributed by atoms with Crippen LogP contribution >= 0.6 is 11.3 Å². The first-order chi connectivity index (χ1) is 10.8. The molecule has 0 aliphatic carbocycles. The van der Waals surface area contributed by atoms with Crippen LogP contribution < -0.4 is 0 Å². The fourth-order valence-corrected chi connectivity index (χ4v) is 3.65. The minimum absolute atomic E-state index is 0.159. The topological polar surface area (TPSA) is 63.3 Å². The van der Waals surface area contributed by atoms with E-state index in [0.717, 1.165) is 10.4 Å². The van der Waals surface area contributed by atoms with Gasteiger partial charge in [0.1, 0.15) is 6.33 Å². The van der Waals surface area contributed by atoms with Gasteiger partial charge in [-0.25, -0.2) is 4.98 Å². The molecule has 0 unspecified atom stereocenters. The Labute approximate surface area is 130 Å². The number of benzene rings is 1. The molecule has 1 aromatic carbocycles. The number of thiophene rings is 1. The molecule has 0 saturated carbocycles. The Balaban J connectivity index is 1.90. The summed E-state index contributed by atoms with van der Waals surface area (Å²) in [6.45, 7) is 2.10. The van der Waals surface area contributed by atoms with Gasteiger partial charge in [0.25, 0.3) is 0 Å².